The molecule has 16 heavy (non-hydrogen) atoms. The lowest BCUT2D eigenvalue weighted by atomic mass is 10.1. The lowest BCUT2D eigenvalue weighted by Gasteiger charge is -2.33. The van der Waals surface area contributed by atoms with E-state index in [9.17, 15) is 0 Å². The summed E-state index contributed by atoms with van der Waals surface area (Å²) >= 11 is 0. The van der Waals surface area contributed by atoms with E-state index in [4.69, 9.17) is 4.74 Å². The third kappa shape index (κ3) is 5.83. The monoisotopic (exact) mass is 228 g/mol. The van der Waals surface area contributed by atoms with Gasteiger partial charge in [-0.05, 0) is 18.8 Å². The highest BCUT2D eigenvalue weighted by Gasteiger charge is 2.16. The third-order valence-electron chi connectivity index (χ3n) is 3.05. The average molecular weight is 228 g/mol. The molecule has 1 atom stereocenters. The van der Waals surface area contributed by atoms with Gasteiger partial charge in [0.1, 0.15) is 0 Å². The molecule has 0 aromatic carbocycles. The molecule has 1 unspecified atom stereocenters. The van der Waals surface area contributed by atoms with Crippen molar-refractivity contribution in [2.24, 2.45) is 5.92 Å². The Morgan fingerprint density at radius 2 is 2.25 bits per heavy atom. The third-order valence-corrected chi connectivity index (χ3v) is 3.05. The zero-order valence-corrected chi connectivity index (χ0v) is 11.2. The molecule has 1 saturated heterocycles. The molecule has 1 rings (SSSR count). The van der Waals surface area contributed by atoms with Gasteiger partial charge in [-0.15, -0.1) is 0 Å². The van der Waals surface area contributed by atoms with Gasteiger partial charge in [-0.25, -0.2) is 0 Å². The molecule has 0 spiro atoms. The van der Waals surface area contributed by atoms with E-state index >= 15 is 0 Å². The fourth-order valence-electron chi connectivity index (χ4n) is 2.08. The van der Waals surface area contributed by atoms with Crippen LogP contribution in [-0.2, 0) is 4.74 Å². The summed E-state index contributed by atoms with van der Waals surface area (Å²) < 4.78 is 5.60. The Balaban J connectivity index is 1.99. The second-order valence-corrected chi connectivity index (χ2v) is 5.18. The van der Waals surface area contributed by atoms with Crippen LogP contribution in [0.2, 0.25) is 0 Å². The minimum absolute atomic E-state index is 0.656. The highest BCUT2D eigenvalue weighted by atomic mass is 16.5. The molecule has 0 aliphatic carbocycles. The van der Waals surface area contributed by atoms with Crippen molar-refractivity contribution in [2.75, 3.05) is 39.4 Å². The molecular weight excluding hydrogens is 200 g/mol. The van der Waals surface area contributed by atoms with Crippen LogP contribution in [0.25, 0.3) is 0 Å². The van der Waals surface area contributed by atoms with E-state index in [1.54, 1.807) is 0 Å². The van der Waals surface area contributed by atoms with Crippen molar-refractivity contribution in [3.63, 3.8) is 0 Å². The standard InChI is InChI=1S/C13H28N2O/c1-4-13-10-15(8-6-14-13)7-5-9-16-11-12(2)3/h12-14H,4-11H2,1-3H3. The van der Waals surface area contributed by atoms with Crippen LogP contribution >= 0.6 is 0 Å². The molecule has 0 aromatic heterocycles. The van der Waals surface area contributed by atoms with E-state index in [1.807, 2.05) is 0 Å². The Bertz CT molecular complexity index is 173. The van der Waals surface area contributed by atoms with Gasteiger partial charge in [-0.1, -0.05) is 20.8 Å². The van der Waals surface area contributed by atoms with E-state index in [0.717, 1.165) is 19.8 Å². The SMILES string of the molecule is CCC1CN(CCCOCC(C)C)CCN1. The summed E-state index contributed by atoms with van der Waals surface area (Å²) in [6.45, 7) is 13.2. The maximum atomic E-state index is 5.60. The van der Waals surface area contributed by atoms with Gasteiger partial charge in [0.25, 0.3) is 0 Å². The van der Waals surface area contributed by atoms with Crippen LogP contribution in [0.4, 0.5) is 0 Å². The quantitative estimate of drug-likeness (QED) is 0.672. The molecule has 0 aromatic rings. The molecule has 1 heterocycles. The predicted octanol–water partition coefficient (Wildman–Crippen LogP) is 1.73. The highest BCUT2D eigenvalue weighted by Crippen LogP contribution is 2.03. The first-order valence-corrected chi connectivity index (χ1v) is 6.75. The van der Waals surface area contributed by atoms with E-state index in [-0.39, 0.29) is 0 Å². The van der Waals surface area contributed by atoms with Crippen molar-refractivity contribution in [3.05, 3.63) is 0 Å². The number of ether oxygens (including phenoxy) is 1. The number of nitrogens with one attached hydrogen (secondary N) is 1. The normalized spacial score (nSPS) is 22.9. The van der Waals surface area contributed by atoms with Crippen LogP contribution in [0, 0.1) is 5.92 Å². The molecule has 1 aliphatic rings. The van der Waals surface area contributed by atoms with Crippen molar-refractivity contribution in [3.8, 4) is 0 Å². The van der Waals surface area contributed by atoms with Gasteiger partial charge in [0, 0.05) is 45.4 Å². The van der Waals surface area contributed by atoms with Crippen molar-refractivity contribution < 1.29 is 4.74 Å². The molecule has 1 aliphatic heterocycles. The van der Waals surface area contributed by atoms with Crippen molar-refractivity contribution in [2.45, 2.75) is 39.7 Å². The minimum atomic E-state index is 0.656. The first-order valence-electron chi connectivity index (χ1n) is 6.75. The second-order valence-electron chi connectivity index (χ2n) is 5.18. The number of rotatable bonds is 7. The van der Waals surface area contributed by atoms with Crippen LogP contribution in [0.5, 0.6) is 0 Å². The van der Waals surface area contributed by atoms with Crippen LogP contribution in [0.15, 0.2) is 0 Å². The number of nitrogens with zero attached hydrogens (tertiary/aromatic N) is 1. The van der Waals surface area contributed by atoms with E-state index < -0.39 is 0 Å². The summed E-state index contributed by atoms with van der Waals surface area (Å²) in [4.78, 5) is 2.56. The molecular formula is C13H28N2O. The van der Waals surface area contributed by atoms with Gasteiger partial charge in [-0.3, -0.25) is 0 Å². The summed E-state index contributed by atoms with van der Waals surface area (Å²) in [5.74, 6) is 0.656. The minimum Gasteiger partial charge on any atom is -0.381 e. The van der Waals surface area contributed by atoms with Crippen LogP contribution in [-0.4, -0.2) is 50.3 Å². The summed E-state index contributed by atoms with van der Waals surface area (Å²) in [5.41, 5.74) is 0. The first-order chi connectivity index (χ1) is 7.72. The maximum absolute atomic E-state index is 5.60. The number of hydrogen-bond donors (Lipinski definition) is 1. The zero-order chi connectivity index (χ0) is 11.8. The average Bonchev–Trinajstić information content (AvgIpc) is 2.28. The van der Waals surface area contributed by atoms with Gasteiger partial charge in [-0.2, -0.15) is 0 Å². The molecule has 96 valence electrons. The predicted molar refractivity (Wildman–Crippen MR) is 68.8 cm³/mol. The fourth-order valence-corrected chi connectivity index (χ4v) is 2.08. The van der Waals surface area contributed by atoms with Gasteiger partial charge in [0.15, 0.2) is 0 Å². The topological polar surface area (TPSA) is 24.5 Å². The Labute approximate surface area is 101 Å². The van der Waals surface area contributed by atoms with Gasteiger partial charge in [0.05, 0.1) is 0 Å². The summed E-state index contributed by atoms with van der Waals surface area (Å²) in [6, 6.07) is 0.699. The molecule has 0 radical (unpaired) electrons. The maximum Gasteiger partial charge on any atom is 0.0489 e. The second kappa shape index (κ2) is 8.04. The summed E-state index contributed by atoms with van der Waals surface area (Å²) in [6.07, 6.45) is 2.41. The number of hydrogen-bond acceptors (Lipinski definition) is 3. The number of piperazine rings is 1. The van der Waals surface area contributed by atoms with Gasteiger partial charge in [0.2, 0.25) is 0 Å². The van der Waals surface area contributed by atoms with Gasteiger partial charge < -0.3 is 15.0 Å². The largest absolute Gasteiger partial charge is 0.381 e. The molecule has 0 bridgehead atoms. The molecule has 3 heteroatoms. The lowest BCUT2D eigenvalue weighted by Crippen LogP contribution is -2.50. The summed E-state index contributed by atoms with van der Waals surface area (Å²) in [7, 11) is 0. The Morgan fingerprint density at radius 1 is 1.44 bits per heavy atom. The van der Waals surface area contributed by atoms with E-state index in [0.29, 0.717) is 12.0 Å². The van der Waals surface area contributed by atoms with Crippen LogP contribution in [0.3, 0.4) is 0 Å². The zero-order valence-electron chi connectivity index (χ0n) is 11.2. The van der Waals surface area contributed by atoms with Crippen molar-refractivity contribution in [1.82, 2.24) is 10.2 Å². The Hall–Kier alpha value is -0.120. The molecule has 1 fully saturated rings. The van der Waals surface area contributed by atoms with Crippen molar-refractivity contribution >= 4 is 0 Å². The van der Waals surface area contributed by atoms with Gasteiger partial charge >= 0.3 is 0 Å². The van der Waals surface area contributed by atoms with Crippen molar-refractivity contribution in [1.29, 1.82) is 0 Å². The lowest BCUT2D eigenvalue weighted by molar-refractivity contribution is 0.0948. The molecule has 1 N–H and O–H groups in total. The smallest absolute Gasteiger partial charge is 0.0489 e. The fraction of sp³-hybridized carbons (Fsp3) is 1.00. The molecule has 0 saturated carbocycles. The van der Waals surface area contributed by atoms with Crippen LogP contribution in [0.1, 0.15) is 33.6 Å². The van der Waals surface area contributed by atoms with E-state index in [2.05, 4.69) is 31.0 Å². The molecule has 0 amide bonds. The molecule has 3 nitrogen and oxygen atoms in total. The first kappa shape index (κ1) is 13.9. The highest BCUT2D eigenvalue weighted by molar-refractivity contribution is 4.77. The Kier molecular flexibility index (Phi) is 7.01. The van der Waals surface area contributed by atoms with E-state index in [1.165, 1.54) is 32.5 Å². The van der Waals surface area contributed by atoms with Crippen LogP contribution < -0.4 is 5.32 Å². The summed E-state index contributed by atoms with van der Waals surface area (Å²) in [5, 5.41) is 3.54. The Morgan fingerprint density at radius 3 is 2.94 bits per heavy atom.